The Morgan fingerprint density at radius 2 is 1.60 bits per heavy atom. The van der Waals surface area contributed by atoms with E-state index in [2.05, 4.69) is 10.6 Å². The van der Waals surface area contributed by atoms with Crippen LogP contribution in [-0.4, -0.2) is 111 Å². The molecule has 12 heteroatoms. The number of rotatable bonds is 17. The molecular formula is C23H41N3O9. The molecule has 1 aliphatic heterocycles. The van der Waals surface area contributed by atoms with Gasteiger partial charge in [0.1, 0.15) is 17.7 Å². The Hall–Kier alpha value is -2.28. The van der Waals surface area contributed by atoms with E-state index in [1.54, 1.807) is 20.8 Å². The van der Waals surface area contributed by atoms with Gasteiger partial charge in [-0.2, -0.15) is 0 Å². The molecule has 0 aromatic carbocycles. The van der Waals surface area contributed by atoms with Gasteiger partial charge in [0.2, 0.25) is 11.8 Å². The highest BCUT2D eigenvalue weighted by molar-refractivity contribution is 5.93. The van der Waals surface area contributed by atoms with Gasteiger partial charge in [-0.05, 0) is 40.7 Å². The summed E-state index contributed by atoms with van der Waals surface area (Å²) < 4.78 is 21.4. The van der Waals surface area contributed by atoms with Crippen molar-refractivity contribution in [2.24, 2.45) is 0 Å². The number of ether oxygens (including phenoxy) is 4. The maximum absolute atomic E-state index is 13.0. The van der Waals surface area contributed by atoms with Gasteiger partial charge in [-0.25, -0.2) is 4.79 Å². The minimum atomic E-state index is -1.22. The second kappa shape index (κ2) is 16.4. The van der Waals surface area contributed by atoms with Crippen molar-refractivity contribution in [1.82, 2.24) is 15.5 Å². The zero-order valence-corrected chi connectivity index (χ0v) is 21.3. The fourth-order valence-corrected chi connectivity index (χ4v) is 3.38. The van der Waals surface area contributed by atoms with Crippen LogP contribution < -0.4 is 10.6 Å². The van der Waals surface area contributed by atoms with Gasteiger partial charge in [0.25, 0.3) is 0 Å². The first-order chi connectivity index (χ1) is 16.5. The van der Waals surface area contributed by atoms with Crippen molar-refractivity contribution in [2.75, 3.05) is 59.8 Å². The first-order valence-corrected chi connectivity index (χ1v) is 12.0. The molecule has 1 rings (SSSR count). The molecule has 1 fully saturated rings. The smallest absolute Gasteiger partial charge is 0.326 e. The molecule has 0 aliphatic carbocycles. The van der Waals surface area contributed by atoms with Crippen LogP contribution in [0.25, 0.3) is 0 Å². The standard InChI is InChI=1S/C23H41N3O9/c1-23(2,3)35-20(28)16-17(21(29)26-9-5-6-18(26)22(30)31)25-19(27)7-10-32-12-14-34-15-13-33-11-8-24-4/h17-18,24H,5-16H2,1-4H3,(H,25,27)(H,30,31)/t17-,18-/m0/s1. The van der Waals surface area contributed by atoms with E-state index in [0.717, 1.165) is 6.54 Å². The summed E-state index contributed by atoms with van der Waals surface area (Å²) in [6.07, 6.45) is 0.434. The average molecular weight is 504 g/mol. The third-order valence-electron chi connectivity index (χ3n) is 4.96. The molecule has 0 aromatic rings. The maximum atomic E-state index is 13.0. The number of hydrogen-bond donors (Lipinski definition) is 3. The number of carboxylic acid groups (broad SMARTS) is 1. The molecule has 0 bridgehead atoms. The summed E-state index contributed by atoms with van der Waals surface area (Å²) in [4.78, 5) is 50.5. The predicted molar refractivity (Wildman–Crippen MR) is 126 cm³/mol. The average Bonchev–Trinajstić information content (AvgIpc) is 3.25. The quantitative estimate of drug-likeness (QED) is 0.182. The molecular weight excluding hydrogens is 462 g/mol. The zero-order chi connectivity index (χ0) is 26.3. The largest absolute Gasteiger partial charge is 0.480 e. The van der Waals surface area contributed by atoms with Gasteiger partial charge >= 0.3 is 11.9 Å². The van der Waals surface area contributed by atoms with Crippen LogP contribution in [0.3, 0.4) is 0 Å². The lowest BCUT2D eigenvalue weighted by Gasteiger charge is -2.28. The number of carbonyl (C=O) groups is 4. The molecule has 12 nitrogen and oxygen atoms in total. The summed E-state index contributed by atoms with van der Waals surface area (Å²) in [5.74, 6) is -2.87. The molecule has 1 heterocycles. The van der Waals surface area contributed by atoms with Crippen LogP contribution >= 0.6 is 0 Å². The number of nitrogens with one attached hydrogen (secondary N) is 2. The minimum Gasteiger partial charge on any atom is -0.480 e. The van der Waals surface area contributed by atoms with Gasteiger partial charge in [-0.3, -0.25) is 14.4 Å². The number of aliphatic carboxylic acids is 1. The number of esters is 1. The Morgan fingerprint density at radius 3 is 2.17 bits per heavy atom. The van der Waals surface area contributed by atoms with Crippen LogP contribution in [0.15, 0.2) is 0 Å². The fourth-order valence-electron chi connectivity index (χ4n) is 3.38. The summed E-state index contributed by atoms with van der Waals surface area (Å²) in [6.45, 7) is 8.37. The first-order valence-electron chi connectivity index (χ1n) is 12.0. The van der Waals surface area contributed by atoms with Gasteiger partial charge in [0.15, 0.2) is 0 Å². The second-order valence-electron chi connectivity index (χ2n) is 9.13. The monoisotopic (exact) mass is 503 g/mol. The molecule has 0 radical (unpaired) electrons. The van der Waals surface area contributed by atoms with Crippen molar-refractivity contribution >= 4 is 23.8 Å². The maximum Gasteiger partial charge on any atom is 0.326 e. The van der Waals surface area contributed by atoms with Crippen molar-refractivity contribution in [3.8, 4) is 0 Å². The van der Waals surface area contributed by atoms with Gasteiger partial charge in [-0.15, -0.1) is 0 Å². The van der Waals surface area contributed by atoms with E-state index < -0.39 is 47.9 Å². The molecule has 0 saturated carbocycles. The zero-order valence-electron chi connectivity index (χ0n) is 21.3. The topological polar surface area (TPSA) is 153 Å². The highest BCUT2D eigenvalue weighted by Gasteiger charge is 2.38. The number of amides is 2. The van der Waals surface area contributed by atoms with Gasteiger partial charge < -0.3 is 39.6 Å². The lowest BCUT2D eigenvalue weighted by molar-refractivity contribution is -0.158. The highest BCUT2D eigenvalue weighted by Crippen LogP contribution is 2.20. The van der Waals surface area contributed by atoms with Crippen molar-refractivity contribution in [3.05, 3.63) is 0 Å². The minimum absolute atomic E-state index is 0.0341. The van der Waals surface area contributed by atoms with Gasteiger partial charge in [0.05, 0.1) is 46.1 Å². The number of nitrogens with zero attached hydrogens (tertiary/aromatic N) is 1. The van der Waals surface area contributed by atoms with E-state index in [0.29, 0.717) is 39.3 Å². The van der Waals surface area contributed by atoms with Crippen LogP contribution in [-0.2, 0) is 38.1 Å². The molecule has 35 heavy (non-hydrogen) atoms. The fraction of sp³-hybridized carbons (Fsp3) is 0.826. The molecule has 0 spiro atoms. The Labute approximate surface area is 207 Å². The molecule has 202 valence electrons. The van der Waals surface area contributed by atoms with E-state index >= 15 is 0 Å². The lowest BCUT2D eigenvalue weighted by atomic mass is 10.1. The first kappa shape index (κ1) is 30.8. The normalized spacial score (nSPS) is 16.7. The van der Waals surface area contributed by atoms with Crippen molar-refractivity contribution < 1.29 is 43.2 Å². The number of carboxylic acids is 1. The third kappa shape index (κ3) is 13.4. The van der Waals surface area contributed by atoms with Gasteiger partial charge in [0, 0.05) is 19.5 Å². The molecule has 1 aliphatic rings. The summed E-state index contributed by atoms with van der Waals surface area (Å²) in [5, 5.41) is 14.9. The molecule has 0 unspecified atom stereocenters. The van der Waals surface area contributed by atoms with E-state index in [1.165, 1.54) is 4.90 Å². The molecule has 3 N–H and O–H groups in total. The van der Waals surface area contributed by atoms with Crippen molar-refractivity contribution in [2.45, 2.75) is 64.1 Å². The number of likely N-dealkylation sites (tertiary alicyclic amines) is 1. The molecule has 2 amide bonds. The Kier molecular flexibility index (Phi) is 14.4. The van der Waals surface area contributed by atoms with Crippen molar-refractivity contribution in [3.63, 3.8) is 0 Å². The Bertz CT molecular complexity index is 682. The number of likely N-dealkylation sites (N-methyl/N-ethyl adjacent to an activating group) is 1. The van der Waals surface area contributed by atoms with Crippen LogP contribution in [0.4, 0.5) is 0 Å². The summed E-state index contributed by atoms with van der Waals surface area (Å²) in [7, 11) is 1.85. The predicted octanol–water partition coefficient (Wildman–Crippen LogP) is -0.0621. The van der Waals surface area contributed by atoms with Crippen LogP contribution in [0.5, 0.6) is 0 Å². The summed E-state index contributed by atoms with van der Waals surface area (Å²) >= 11 is 0. The number of hydrogen-bond acceptors (Lipinski definition) is 9. The summed E-state index contributed by atoms with van der Waals surface area (Å²) in [6, 6.07) is -2.19. The van der Waals surface area contributed by atoms with Crippen LogP contribution in [0, 0.1) is 0 Å². The van der Waals surface area contributed by atoms with E-state index in [1.807, 2.05) is 7.05 Å². The molecule has 1 saturated heterocycles. The van der Waals surface area contributed by atoms with Crippen molar-refractivity contribution in [1.29, 1.82) is 0 Å². The van der Waals surface area contributed by atoms with Gasteiger partial charge in [-0.1, -0.05) is 0 Å². The Morgan fingerprint density at radius 1 is 1.00 bits per heavy atom. The third-order valence-corrected chi connectivity index (χ3v) is 4.96. The molecule has 2 atom stereocenters. The SMILES string of the molecule is CNCCOCCOCCOCCC(=O)N[C@@H](CC(=O)OC(C)(C)C)C(=O)N1CCC[C@H]1C(=O)O. The summed E-state index contributed by atoms with van der Waals surface area (Å²) in [5.41, 5.74) is -0.763. The lowest BCUT2D eigenvalue weighted by Crippen LogP contribution is -2.52. The number of carbonyl (C=O) groups excluding carboxylic acids is 3. The van der Waals surface area contributed by atoms with Crippen LogP contribution in [0.2, 0.25) is 0 Å². The highest BCUT2D eigenvalue weighted by atomic mass is 16.6. The Balaban J connectivity index is 2.48. The second-order valence-corrected chi connectivity index (χ2v) is 9.13. The van der Waals surface area contributed by atoms with E-state index in [4.69, 9.17) is 18.9 Å². The van der Waals surface area contributed by atoms with E-state index in [9.17, 15) is 24.3 Å². The van der Waals surface area contributed by atoms with E-state index in [-0.39, 0.29) is 26.2 Å². The molecule has 0 aromatic heterocycles. The van der Waals surface area contributed by atoms with Crippen LogP contribution in [0.1, 0.15) is 46.5 Å².